The molecule has 1 aromatic heterocycles. The molecule has 7 nitrogen and oxygen atoms in total. The Balaban J connectivity index is 2.22. The molecule has 10 heteroatoms. The van der Waals surface area contributed by atoms with Crippen LogP contribution < -0.4 is 10.0 Å². The Morgan fingerprint density at radius 2 is 1.92 bits per heavy atom. The van der Waals surface area contributed by atoms with E-state index in [1.54, 1.807) is 18.2 Å². The highest BCUT2D eigenvalue weighted by molar-refractivity contribution is 9.11. The van der Waals surface area contributed by atoms with E-state index in [-0.39, 0.29) is 15.5 Å². The summed E-state index contributed by atoms with van der Waals surface area (Å²) in [6.45, 7) is -0.450. The molecule has 2 N–H and O–H groups in total. The number of carbonyl (C=O) groups excluding carboxylic acids is 2. The maximum absolute atomic E-state index is 12.4. The van der Waals surface area contributed by atoms with Gasteiger partial charge in [0.15, 0.2) is 6.61 Å². The normalized spacial score (nSPS) is 10.9. The Kier molecular flexibility index (Phi) is 5.97. The molecule has 1 aromatic carbocycles. The number of amides is 1. The minimum atomic E-state index is -3.83. The first kappa shape index (κ1) is 18.4. The lowest BCUT2D eigenvalue weighted by Gasteiger charge is -2.11. The van der Waals surface area contributed by atoms with Crippen LogP contribution in [0.4, 0.5) is 5.69 Å². The molecule has 0 aliphatic carbocycles. The van der Waals surface area contributed by atoms with E-state index in [2.05, 4.69) is 26.0 Å². The van der Waals surface area contributed by atoms with Gasteiger partial charge in [-0.15, -0.1) is 11.3 Å². The fourth-order valence-electron chi connectivity index (χ4n) is 1.67. The van der Waals surface area contributed by atoms with Crippen LogP contribution in [-0.2, 0) is 19.6 Å². The molecule has 2 aromatic rings. The number of sulfonamides is 1. The number of benzene rings is 1. The van der Waals surface area contributed by atoms with E-state index in [1.165, 1.54) is 25.2 Å². The Morgan fingerprint density at radius 3 is 2.54 bits per heavy atom. The number of nitrogens with one attached hydrogen (secondary N) is 2. The monoisotopic (exact) mass is 432 g/mol. The summed E-state index contributed by atoms with van der Waals surface area (Å²) in [4.78, 5) is 23.2. The van der Waals surface area contributed by atoms with Crippen LogP contribution in [0.1, 0.15) is 10.4 Å². The van der Waals surface area contributed by atoms with Crippen LogP contribution in [0.25, 0.3) is 0 Å². The van der Waals surface area contributed by atoms with Crippen molar-refractivity contribution < 1.29 is 22.7 Å². The van der Waals surface area contributed by atoms with Crippen molar-refractivity contribution in [2.24, 2.45) is 0 Å². The van der Waals surface area contributed by atoms with Crippen molar-refractivity contribution in [1.29, 1.82) is 0 Å². The summed E-state index contributed by atoms with van der Waals surface area (Å²) in [6, 6.07) is 9.06. The van der Waals surface area contributed by atoms with Crippen LogP contribution >= 0.6 is 27.3 Å². The third kappa shape index (κ3) is 4.56. The lowest BCUT2D eigenvalue weighted by molar-refractivity contribution is -0.123. The zero-order valence-corrected chi connectivity index (χ0v) is 15.6. The van der Waals surface area contributed by atoms with Gasteiger partial charge in [-0.3, -0.25) is 9.52 Å². The zero-order valence-electron chi connectivity index (χ0n) is 12.4. The fraction of sp³-hybridized carbons (Fsp3) is 0.143. The average molecular weight is 433 g/mol. The standard InChI is InChI=1S/C14H13BrN2O5S2/c1-16-12(18)8-22-14(19)9-4-2-3-5-10(9)17-24(20,21)13-7-6-11(15)23-13/h2-7,17H,8H2,1H3,(H,16,18). The van der Waals surface area contributed by atoms with Gasteiger partial charge in [0.2, 0.25) is 0 Å². The number of esters is 1. The predicted octanol–water partition coefficient (Wildman–Crippen LogP) is 2.21. The number of hydrogen-bond acceptors (Lipinski definition) is 6. The number of hydrogen-bond donors (Lipinski definition) is 2. The summed E-state index contributed by atoms with van der Waals surface area (Å²) in [7, 11) is -2.42. The molecular weight excluding hydrogens is 420 g/mol. The SMILES string of the molecule is CNC(=O)COC(=O)c1ccccc1NS(=O)(=O)c1ccc(Br)s1. The van der Waals surface area contributed by atoms with Crippen molar-refractivity contribution >= 4 is 54.9 Å². The highest BCUT2D eigenvalue weighted by Crippen LogP contribution is 2.28. The lowest BCUT2D eigenvalue weighted by atomic mass is 10.2. The maximum Gasteiger partial charge on any atom is 0.340 e. The van der Waals surface area contributed by atoms with Gasteiger partial charge < -0.3 is 10.1 Å². The summed E-state index contributed by atoms with van der Waals surface area (Å²) < 4.78 is 32.7. The van der Waals surface area contributed by atoms with Gasteiger partial charge in [-0.25, -0.2) is 13.2 Å². The molecule has 0 spiro atoms. The molecule has 0 radical (unpaired) electrons. The molecule has 0 aliphatic rings. The van der Waals surface area contributed by atoms with Gasteiger partial charge in [0.05, 0.1) is 15.0 Å². The quantitative estimate of drug-likeness (QED) is 0.681. The van der Waals surface area contributed by atoms with Crippen molar-refractivity contribution in [2.45, 2.75) is 4.21 Å². The molecule has 1 heterocycles. The number of ether oxygens (including phenoxy) is 1. The lowest BCUT2D eigenvalue weighted by Crippen LogP contribution is -2.25. The highest BCUT2D eigenvalue weighted by atomic mass is 79.9. The van der Waals surface area contributed by atoms with Crippen molar-refractivity contribution in [1.82, 2.24) is 5.32 Å². The van der Waals surface area contributed by atoms with Crippen LogP contribution in [0.15, 0.2) is 44.4 Å². The Bertz CT molecular complexity index is 864. The van der Waals surface area contributed by atoms with E-state index in [4.69, 9.17) is 4.74 Å². The topological polar surface area (TPSA) is 102 Å². The fourth-order valence-corrected chi connectivity index (χ4v) is 4.76. The smallest absolute Gasteiger partial charge is 0.340 e. The second-order valence-electron chi connectivity index (χ2n) is 4.46. The molecule has 128 valence electrons. The molecule has 0 fully saturated rings. The second kappa shape index (κ2) is 7.77. The Hall–Kier alpha value is -1.91. The summed E-state index contributed by atoms with van der Waals surface area (Å²) >= 11 is 4.25. The molecule has 1 amide bonds. The third-order valence-electron chi connectivity index (χ3n) is 2.82. The number of rotatable bonds is 6. The zero-order chi connectivity index (χ0) is 17.7. The van der Waals surface area contributed by atoms with Crippen molar-refractivity contribution in [3.8, 4) is 0 Å². The number of anilines is 1. The van der Waals surface area contributed by atoms with Gasteiger partial charge in [0.25, 0.3) is 15.9 Å². The Morgan fingerprint density at radius 1 is 1.21 bits per heavy atom. The number of thiophene rings is 1. The molecular formula is C14H13BrN2O5S2. The van der Waals surface area contributed by atoms with Gasteiger partial charge in [-0.2, -0.15) is 0 Å². The van der Waals surface area contributed by atoms with Crippen molar-refractivity contribution in [2.75, 3.05) is 18.4 Å². The summed E-state index contributed by atoms with van der Waals surface area (Å²) in [5.74, 6) is -1.27. The van der Waals surface area contributed by atoms with Crippen LogP contribution in [0.5, 0.6) is 0 Å². The largest absolute Gasteiger partial charge is 0.452 e. The minimum Gasteiger partial charge on any atom is -0.452 e. The van der Waals surface area contributed by atoms with Crippen LogP contribution in [-0.4, -0.2) is 33.9 Å². The molecule has 0 atom stereocenters. The van der Waals surface area contributed by atoms with Gasteiger partial charge in [-0.05, 0) is 40.2 Å². The van der Waals surface area contributed by atoms with Gasteiger partial charge in [0.1, 0.15) is 4.21 Å². The predicted molar refractivity (Wildman–Crippen MR) is 93.6 cm³/mol. The first-order chi connectivity index (χ1) is 11.3. The number of para-hydroxylation sites is 1. The molecule has 0 bridgehead atoms. The highest BCUT2D eigenvalue weighted by Gasteiger charge is 2.21. The molecule has 2 rings (SSSR count). The molecule has 0 unspecified atom stereocenters. The van der Waals surface area contributed by atoms with E-state index in [9.17, 15) is 18.0 Å². The molecule has 0 aliphatic heterocycles. The Labute approximate surface area is 151 Å². The molecule has 0 saturated carbocycles. The average Bonchev–Trinajstić information content (AvgIpc) is 3.00. The first-order valence-corrected chi connectivity index (χ1v) is 9.67. The van der Waals surface area contributed by atoms with E-state index in [1.807, 2.05) is 0 Å². The summed E-state index contributed by atoms with van der Waals surface area (Å²) in [6.07, 6.45) is 0. The van der Waals surface area contributed by atoms with E-state index < -0.39 is 28.5 Å². The minimum absolute atomic E-state index is 0.0144. The van der Waals surface area contributed by atoms with E-state index in [0.29, 0.717) is 3.79 Å². The maximum atomic E-state index is 12.4. The van der Waals surface area contributed by atoms with Gasteiger partial charge in [0, 0.05) is 7.05 Å². The van der Waals surface area contributed by atoms with Crippen molar-refractivity contribution in [3.05, 3.63) is 45.7 Å². The number of halogens is 1. The van der Waals surface area contributed by atoms with Crippen LogP contribution in [0.2, 0.25) is 0 Å². The van der Waals surface area contributed by atoms with E-state index >= 15 is 0 Å². The van der Waals surface area contributed by atoms with Crippen molar-refractivity contribution in [3.63, 3.8) is 0 Å². The molecule has 24 heavy (non-hydrogen) atoms. The number of carbonyl (C=O) groups is 2. The van der Waals surface area contributed by atoms with E-state index in [0.717, 1.165) is 11.3 Å². The third-order valence-corrected chi connectivity index (χ3v) is 6.30. The van der Waals surface area contributed by atoms with Gasteiger partial charge in [-0.1, -0.05) is 12.1 Å². The number of likely N-dealkylation sites (N-methyl/N-ethyl adjacent to an activating group) is 1. The van der Waals surface area contributed by atoms with Crippen LogP contribution in [0, 0.1) is 0 Å². The summed E-state index contributed by atoms with van der Waals surface area (Å²) in [5.41, 5.74) is 0.0875. The van der Waals surface area contributed by atoms with Gasteiger partial charge >= 0.3 is 5.97 Å². The molecule has 0 saturated heterocycles. The summed E-state index contributed by atoms with van der Waals surface area (Å²) in [5, 5.41) is 2.32. The van der Waals surface area contributed by atoms with Crippen LogP contribution in [0.3, 0.4) is 0 Å². The first-order valence-electron chi connectivity index (χ1n) is 6.58. The second-order valence-corrected chi connectivity index (χ2v) is 8.83.